The molecule has 0 saturated carbocycles. The molecule has 8 nitrogen and oxygen atoms in total. The summed E-state index contributed by atoms with van der Waals surface area (Å²) in [5.41, 5.74) is 6.12. The zero-order valence-corrected chi connectivity index (χ0v) is 23.8. The highest BCUT2D eigenvalue weighted by Crippen LogP contribution is 2.28. The number of aryl methyl sites for hydroxylation is 1. The highest BCUT2D eigenvalue weighted by Gasteiger charge is 2.27. The molecule has 1 aromatic heterocycles. The minimum atomic E-state index is -4.06. The second-order valence-corrected chi connectivity index (χ2v) is 11.3. The Morgan fingerprint density at radius 1 is 1.00 bits per heavy atom. The molecule has 0 atom stereocenters. The van der Waals surface area contributed by atoms with Gasteiger partial charge in [-0.2, -0.15) is 5.10 Å². The highest BCUT2D eigenvalue weighted by atomic mass is 35.5. The number of hydrogen-bond acceptors (Lipinski definition) is 5. The van der Waals surface area contributed by atoms with Crippen LogP contribution in [0.3, 0.4) is 0 Å². The van der Waals surface area contributed by atoms with E-state index in [-0.39, 0.29) is 10.6 Å². The van der Waals surface area contributed by atoms with Crippen LogP contribution in [0.4, 0.5) is 5.69 Å². The predicted molar refractivity (Wildman–Crippen MR) is 155 cm³/mol. The molecule has 3 aromatic carbocycles. The Bertz CT molecular complexity index is 1640. The number of nitrogens with one attached hydrogen (secondary N) is 1. The van der Waals surface area contributed by atoms with Gasteiger partial charge in [0.15, 0.2) is 0 Å². The molecule has 1 heterocycles. The van der Waals surface area contributed by atoms with Crippen molar-refractivity contribution in [2.45, 2.75) is 18.7 Å². The lowest BCUT2D eigenvalue weighted by Crippen LogP contribution is -2.39. The summed E-state index contributed by atoms with van der Waals surface area (Å²) in [4.78, 5) is 13.0. The van der Waals surface area contributed by atoms with E-state index in [1.807, 2.05) is 30.5 Å². The first-order chi connectivity index (χ1) is 18.6. The molecule has 11 heteroatoms. The van der Waals surface area contributed by atoms with Gasteiger partial charge < -0.3 is 9.30 Å². The number of hydrazone groups is 1. The van der Waals surface area contributed by atoms with Gasteiger partial charge >= 0.3 is 0 Å². The van der Waals surface area contributed by atoms with Crippen LogP contribution in [0.15, 0.2) is 88.9 Å². The summed E-state index contributed by atoms with van der Waals surface area (Å²) in [5.74, 6) is -0.164. The van der Waals surface area contributed by atoms with Gasteiger partial charge in [-0.15, -0.1) is 0 Å². The Hall–Kier alpha value is -3.79. The van der Waals surface area contributed by atoms with Gasteiger partial charge in [0.25, 0.3) is 15.9 Å². The fraction of sp³-hybridized carbons (Fsp3) is 0.143. The molecule has 4 rings (SSSR count). The maximum absolute atomic E-state index is 13.5. The van der Waals surface area contributed by atoms with E-state index in [4.69, 9.17) is 27.9 Å². The SMILES string of the molecule is COc1cccc(N(CC(=O)N/N=C\c2cc(C)n(-c3ccc(Cl)c(Cl)c3)c2C)S(=O)(=O)c2ccccc2)c1. The van der Waals surface area contributed by atoms with E-state index in [2.05, 4.69) is 10.5 Å². The smallest absolute Gasteiger partial charge is 0.264 e. The molecule has 0 spiro atoms. The molecule has 4 aromatic rings. The number of hydrogen-bond donors (Lipinski definition) is 1. The van der Waals surface area contributed by atoms with Crippen molar-refractivity contribution in [2.24, 2.45) is 5.10 Å². The van der Waals surface area contributed by atoms with E-state index in [9.17, 15) is 13.2 Å². The van der Waals surface area contributed by atoms with Crippen LogP contribution in [0.5, 0.6) is 5.75 Å². The lowest BCUT2D eigenvalue weighted by Gasteiger charge is -2.24. The number of ether oxygens (including phenoxy) is 1. The van der Waals surface area contributed by atoms with Crippen molar-refractivity contribution in [2.75, 3.05) is 18.0 Å². The molecule has 0 bridgehead atoms. The third-order valence-electron chi connectivity index (χ3n) is 5.98. The second-order valence-electron chi connectivity index (χ2n) is 8.58. The summed E-state index contributed by atoms with van der Waals surface area (Å²) < 4.78 is 35.2. The average Bonchev–Trinajstić information content (AvgIpc) is 3.21. The summed E-state index contributed by atoms with van der Waals surface area (Å²) in [6.45, 7) is 3.35. The molecule has 0 saturated heterocycles. The summed E-state index contributed by atoms with van der Waals surface area (Å²) >= 11 is 12.2. The normalized spacial score (nSPS) is 11.5. The maximum atomic E-state index is 13.5. The topological polar surface area (TPSA) is 93.0 Å². The number of benzene rings is 3. The van der Waals surface area contributed by atoms with Crippen LogP contribution in [0.1, 0.15) is 17.0 Å². The first kappa shape index (κ1) is 28.2. The van der Waals surface area contributed by atoms with Crippen molar-refractivity contribution in [1.82, 2.24) is 9.99 Å². The number of carbonyl (C=O) groups excluding carboxylic acids is 1. The Morgan fingerprint density at radius 3 is 2.44 bits per heavy atom. The quantitative estimate of drug-likeness (QED) is 0.200. The lowest BCUT2D eigenvalue weighted by molar-refractivity contribution is -0.119. The molecular weight excluding hydrogens is 559 g/mol. The highest BCUT2D eigenvalue weighted by molar-refractivity contribution is 7.92. The molecule has 0 unspecified atom stereocenters. The number of amides is 1. The lowest BCUT2D eigenvalue weighted by atomic mass is 10.2. The third-order valence-corrected chi connectivity index (χ3v) is 8.51. The zero-order chi connectivity index (χ0) is 28.2. The number of anilines is 1. The van der Waals surface area contributed by atoms with Gasteiger partial charge in [0, 0.05) is 28.7 Å². The van der Waals surface area contributed by atoms with E-state index in [1.165, 1.54) is 25.5 Å². The van der Waals surface area contributed by atoms with Crippen molar-refractivity contribution in [3.8, 4) is 11.4 Å². The van der Waals surface area contributed by atoms with Gasteiger partial charge in [-0.05, 0) is 62.4 Å². The maximum Gasteiger partial charge on any atom is 0.264 e. The molecule has 0 aliphatic carbocycles. The minimum Gasteiger partial charge on any atom is -0.497 e. The first-order valence-corrected chi connectivity index (χ1v) is 14.0. The number of nitrogens with zero attached hydrogens (tertiary/aromatic N) is 3. The largest absolute Gasteiger partial charge is 0.497 e. The van der Waals surface area contributed by atoms with Crippen LogP contribution >= 0.6 is 23.2 Å². The van der Waals surface area contributed by atoms with E-state index in [0.717, 1.165) is 26.9 Å². The Morgan fingerprint density at radius 2 is 1.74 bits per heavy atom. The van der Waals surface area contributed by atoms with Crippen LogP contribution in [-0.2, 0) is 14.8 Å². The molecule has 1 amide bonds. The number of carbonyl (C=O) groups is 1. The van der Waals surface area contributed by atoms with E-state index in [0.29, 0.717) is 15.8 Å². The fourth-order valence-corrected chi connectivity index (χ4v) is 5.81. The summed E-state index contributed by atoms with van der Waals surface area (Å²) in [6, 6.07) is 21.7. The second kappa shape index (κ2) is 11.9. The van der Waals surface area contributed by atoms with E-state index >= 15 is 0 Å². The van der Waals surface area contributed by atoms with Crippen molar-refractivity contribution < 1.29 is 17.9 Å². The molecule has 1 N–H and O–H groups in total. The Labute approximate surface area is 237 Å². The molecule has 0 radical (unpaired) electrons. The standard InChI is InChI=1S/C28H26Cl2N4O4S/c1-19-14-21(20(2)34(19)23-12-13-26(29)27(30)16-23)17-31-32-28(35)18-33(22-8-7-9-24(15-22)38-3)39(36,37)25-10-5-4-6-11-25/h4-17H,18H2,1-3H3,(H,32,35)/b31-17-. The van der Waals surface area contributed by atoms with Crippen LogP contribution in [0.2, 0.25) is 10.0 Å². The van der Waals surface area contributed by atoms with Gasteiger partial charge in [0.1, 0.15) is 12.3 Å². The molecule has 0 aliphatic heterocycles. The van der Waals surface area contributed by atoms with Gasteiger partial charge in [0.2, 0.25) is 0 Å². The van der Waals surface area contributed by atoms with Crippen molar-refractivity contribution in [3.05, 3.63) is 106 Å². The molecule has 0 aliphatic rings. The number of methoxy groups -OCH3 is 1. The summed E-state index contributed by atoms with van der Waals surface area (Å²) in [6.07, 6.45) is 1.51. The van der Waals surface area contributed by atoms with Crippen LogP contribution in [-0.4, -0.2) is 38.8 Å². The monoisotopic (exact) mass is 584 g/mol. The fourth-order valence-electron chi connectivity index (χ4n) is 4.08. The summed E-state index contributed by atoms with van der Waals surface area (Å²) in [7, 11) is -2.57. The van der Waals surface area contributed by atoms with Crippen molar-refractivity contribution >= 4 is 51.0 Å². The first-order valence-electron chi connectivity index (χ1n) is 11.8. The van der Waals surface area contributed by atoms with Gasteiger partial charge in [-0.3, -0.25) is 9.10 Å². The van der Waals surface area contributed by atoms with Crippen molar-refractivity contribution in [3.63, 3.8) is 0 Å². The average molecular weight is 586 g/mol. The van der Waals surface area contributed by atoms with Crippen molar-refractivity contribution in [1.29, 1.82) is 0 Å². The Balaban J connectivity index is 1.56. The van der Waals surface area contributed by atoms with Gasteiger partial charge in [0.05, 0.1) is 34.0 Å². The Kier molecular flexibility index (Phi) is 8.64. The third kappa shape index (κ3) is 6.27. The molecule has 202 valence electrons. The zero-order valence-electron chi connectivity index (χ0n) is 21.4. The summed E-state index contributed by atoms with van der Waals surface area (Å²) in [5, 5.41) is 4.99. The number of halogens is 2. The van der Waals surface area contributed by atoms with Crippen LogP contribution in [0.25, 0.3) is 5.69 Å². The molecule has 0 fully saturated rings. The minimum absolute atomic E-state index is 0.0545. The van der Waals surface area contributed by atoms with Gasteiger partial charge in [-0.1, -0.05) is 47.5 Å². The van der Waals surface area contributed by atoms with E-state index < -0.39 is 22.5 Å². The molecular formula is C28H26Cl2N4O4S. The van der Waals surface area contributed by atoms with Crippen LogP contribution < -0.4 is 14.5 Å². The van der Waals surface area contributed by atoms with E-state index in [1.54, 1.807) is 54.6 Å². The number of rotatable bonds is 9. The number of aromatic nitrogens is 1. The molecule has 39 heavy (non-hydrogen) atoms. The predicted octanol–water partition coefficient (Wildman–Crippen LogP) is 5.76. The van der Waals surface area contributed by atoms with Crippen LogP contribution in [0, 0.1) is 13.8 Å². The number of sulfonamides is 1. The van der Waals surface area contributed by atoms with Gasteiger partial charge in [-0.25, -0.2) is 13.8 Å².